The van der Waals surface area contributed by atoms with Crippen molar-refractivity contribution in [1.29, 1.82) is 10.5 Å². The normalized spacial score (nSPS) is 15.6. The Morgan fingerprint density at radius 3 is 1.43 bits per heavy atom. The topological polar surface area (TPSA) is 164 Å². The summed E-state index contributed by atoms with van der Waals surface area (Å²) in [7, 11) is 0. The molecule has 0 aliphatic carbocycles. The molecule has 12 nitrogen and oxygen atoms in total. The van der Waals surface area contributed by atoms with Crippen molar-refractivity contribution < 1.29 is 14.7 Å². The number of rotatable bonds is 9. The minimum atomic E-state index is -1.32. The predicted molar refractivity (Wildman–Crippen MR) is 214 cm³/mol. The van der Waals surface area contributed by atoms with E-state index in [2.05, 4.69) is 27.2 Å². The molecule has 2 fully saturated rings. The number of carbonyl (C=O) groups is 2. The number of carboxylic acids is 1. The number of carbonyl (C=O) groups excluding carboxylic acids is 1. The van der Waals surface area contributed by atoms with Crippen LogP contribution in [0.2, 0.25) is 0 Å². The number of aromatic nitrogens is 2. The highest BCUT2D eigenvalue weighted by atomic mass is 32.1. The van der Waals surface area contributed by atoms with Crippen molar-refractivity contribution in [2.45, 2.75) is 59.5 Å². The van der Waals surface area contributed by atoms with Crippen molar-refractivity contribution in [3.05, 3.63) is 98.8 Å². The van der Waals surface area contributed by atoms with Crippen LogP contribution in [0.4, 0.5) is 11.4 Å². The summed E-state index contributed by atoms with van der Waals surface area (Å²) >= 11 is 2.23. The second kappa shape index (κ2) is 18.4. The number of benzene rings is 2. The lowest BCUT2D eigenvalue weighted by Gasteiger charge is -2.17. The molecular formula is C40H43N7O5S2. The van der Waals surface area contributed by atoms with Gasteiger partial charge in [0.15, 0.2) is 11.1 Å². The predicted octanol–water partition coefficient (Wildman–Crippen LogP) is 2.29. The third kappa shape index (κ3) is 8.90. The van der Waals surface area contributed by atoms with Crippen LogP contribution >= 0.6 is 22.7 Å². The largest absolute Gasteiger partial charge is 0.477 e. The standard InChI is InChI=1S/C21H24N4O2S.C19H19N3O3S/c1-3-23-19(26)17(14-22)21-25(4-2)20(27)18(28-21)13-15-7-9-16(10-8-15)24-11-5-6-12-24;1-2-22-17(23)16(26-18(22)15(12-20)19(24)25)11-13-5-7-14(8-6-13)21-9-3-4-10-21/h7-10,13H,3-6,11-12H2,1-2H3,(H,23,26);5-8,11H,2-4,9-10H2,1H3,(H,24,25)/b18-13?,21-17-;16-11?,18-15-. The lowest BCUT2D eigenvalue weighted by Crippen LogP contribution is -2.34. The summed E-state index contributed by atoms with van der Waals surface area (Å²) in [5.41, 5.74) is 3.29. The van der Waals surface area contributed by atoms with Crippen LogP contribution in [-0.4, -0.2) is 58.8 Å². The Bertz CT molecular complexity index is 2450. The first-order valence-corrected chi connectivity index (χ1v) is 19.7. The van der Waals surface area contributed by atoms with Crippen LogP contribution in [0.15, 0.2) is 58.1 Å². The maximum atomic E-state index is 12.8. The van der Waals surface area contributed by atoms with Crippen molar-refractivity contribution in [2.24, 2.45) is 0 Å². The van der Waals surface area contributed by atoms with Crippen LogP contribution in [0.25, 0.3) is 23.3 Å². The van der Waals surface area contributed by atoms with Crippen molar-refractivity contribution in [3.8, 4) is 12.1 Å². The van der Waals surface area contributed by atoms with Gasteiger partial charge in [-0.2, -0.15) is 10.5 Å². The van der Waals surface area contributed by atoms with Crippen LogP contribution in [0.1, 0.15) is 57.6 Å². The zero-order valence-electron chi connectivity index (χ0n) is 30.6. The Hall–Kier alpha value is -5.70. The van der Waals surface area contributed by atoms with Crippen molar-refractivity contribution >= 4 is 69.2 Å². The van der Waals surface area contributed by atoms with Crippen molar-refractivity contribution in [1.82, 2.24) is 14.5 Å². The Kier molecular flexibility index (Phi) is 13.4. The van der Waals surface area contributed by atoms with E-state index in [0.29, 0.717) is 33.4 Å². The van der Waals surface area contributed by atoms with Gasteiger partial charge in [0.2, 0.25) is 0 Å². The average molecular weight is 766 g/mol. The van der Waals surface area contributed by atoms with E-state index >= 15 is 0 Å². The number of aliphatic carboxylic acids is 1. The van der Waals surface area contributed by atoms with Crippen LogP contribution in [0.3, 0.4) is 0 Å². The fourth-order valence-corrected chi connectivity index (χ4v) is 8.75. The molecule has 280 valence electrons. The van der Waals surface area contributed by atoms with E-state index in [1.165, 1.54) is 57.5 Å². The molecule has 14 heteroatoms. The molecule has 2 aromatic heterocycles. The minimum Gasteiger partial charge on any atom is -0.477 e. The highest BCUT2D eigenvalue weighted by molar-refractivity contribution is 7.08. The highest BCUT2D eigenvalue weighted by Crippen LogP contribution is 2.21. The number of nitriles is 2. The molecule has 0 spiro atoms. The van der Waals surface area contributed by atoms with Gasteiger partial charge in [-0.15, -0.1) is 22.7 Å². The van der Waals surface area contributed by atoms with Gasteiger partial charge in [0.05, 0.1) is 9.06 Å². The summed E-state index contributed by atoms with van der Waals surface area (Å²) in [6, 6.07) is 19.8. The molecule has 2 aliphatic heterocycles. The first kappa shape index (κ1) is 39.5. The van der Waals surface area contributed by atoms with E-state index in [0.717, 1.165) is 48.6 Å². The Morgan fingerprint density at radius 2 is 1.09 bits per heavy atom. The summed E-state index contributed by atoms with van der Waals surface area (Å²) in [5, 5.41) is 30.4. The zero-order chi connectivity index (χ0) is 38.8. The molecule has 0 radical (unpaired) electrons. The maximum Gasteiger partial charge on any atom is 0.349 e. The fraction of sp³-hybridized carbons (Fsp3) is 0.350. The second-order valence-corrected chi connectivity index (χ2v) is 14.7. The second-order valence-electron chi connectivity index (χ2n) is 12.6. The molecule has 0 atom stereocenters. The number of hydrogen-bond acceptors (Lipinski definition) is 10. The molecule has 2 aromatic carbocycles. The molecular weight excluding hydrogens is 723 g/mol. The Balaban J connectivity index is 0.000000208. The highest BCUT2D eigenvalue weighted by Gasteiger charge is 2.17. The molecule has 1 amide bonds. The molecule has 2 saturated heterocycles. The fourth-order valence-electron chi connectivity index (χ4n) is 6.43. The molecule has 6 rings (SSSR count). The summed E-state index contributed by atoms with van der Waals surface area (Å²) < 4.78 is 4.35. The summed E-state index contributed by atoms with van der Waals surface area (Å²) in [6.07, 6.45) is 8.45. The number of nitrogens with zero attached hydrogens (tertiary/aromatic N) is 6. The van der Waals surface area contributed by atoms with E-state index in [-0.39, 0.29) is 21.4 Å². The van der Waals surface area contributed by atoms with Gasteiger partial charge in [-0.25, -0.2) is 4.79 Å². The maximum absolute atomic E-state index is 12.8. The number of thiazole rings is 2. The molecule has 0 unspecified atom stereocenters. The van der Waals surface area contributed by atoms with E-state index in [9.17, 15) is 29.5 Å². The van der Waals surface area contributed by atoms with Crippen LogP contribution in [-0.2, 0) is 22.7 Å². The zero-order valence-corrected chi connectivity index (χ0v) is 32.3. The number of carboxylic acid groups (broad SMARTS) is 1. The van der Waals surface area contributed by atoms with Crippen molar-refractivity contribution in [2.75, 3.05) is 42.5 Å². The van der Waals surface area contributed by atoms with E-state index in [1.54, 1.807) is 26.0 Å². The van der Waals surface area contributed by atoms with Gasteiger partial charge < -0.3 is 20.2 Å². The lowest BCUT2D eigenvalue weighted by molar-refractivity contribution is -0.130. The summed E-state index contributed by atoms with van der Waals surface area (Å²) in [5.74, 6) is -1.77. The smallest absolute Gasteiger partial charge is 0.349 e. The van der Waals surface area contributed by atoms with Gasteiger partial charge in [-0.3, -0.25) is 23.5 Å². The molecule has 2 aliphatic rings. The van der Waals surface area contributed by atoms with E-state index in [4.69, 9.17) is 5.26 Å². The van der Waals surface area contributed by atoms with Crippen molar-refractivity contribution in [3.63, 3.8) is 0 Å². The van der Waals surface area contributed by atoms with Crippen LogP contribution in [0, 0.1) is 22.7 Å². The lowest BCUT2D eigenvalue weighted by atomic mass is 10.2. The number of anilines is 2. The van der Waals surface area contributed by atoms with Gasteiger partial charge in [-0.1, -0.05) is 24.3 Å². The van der Waals surface area contributed by atoms with E-state index < -0.39 is 17.4 Å². The SMILES string of the molecule is CCNC(=O)/C(C#N)=c1\sc(=Cc2ccc(N3CCCC3)cc2)c(=O)n1CC.CCn1c(=O)c(=Cc2ccc(N3CCCC3)cc2)s/c1=C(/C#N)C(=O)O. The van der Waals surface area contributed by atoms with Gasteiger partial charge in [-0.05, 0) is 94.0 Å². The molecule has 0 saturated carbocycles. The molecule has 0 bridgehead atoms. The summed E-state index contributed by atoms with van der Waals surface area (Å²) in [6.45, 7) is 10.8. The minimum absolute atomic E-state index is 0.0187. The van der Waals surface area contributed by atoms with Gasteiger partial charge in [0, 0.05) is 57.2 Å². The number of nitrogens with one attached hydrogen (secondary N) is 1. The quantitative estimate of drug-likeness (QED) is 0.260. The van der Waals surface area contributed by atoms with Gasteiger partial charge >= 0.3 is 5.97 Å². The molecule has 2 N–H and O–H groups in total. The first-order chi connectivity index (χ1) is 26.1. The van der Waals surface area contributed by atoms with Crippen LogP contribution in [0.5, 0.6) is 0 Å². The van der Waals surface area contributed by atoms with Gasteiger partial charge in [0.25, 0.3) is 17.0 Å². The molecule has 54 heavy (non-hydrogen) atoms. The monoisotopic (exact) mass is 765 g/mol. The number of hydrogen-bond donors (Lipinski definition) is 2. The average Bonchev–Trinajstić information content (AvgIpc) is 4.00. The van der Waals surface area contributed by atoms with E-state index in [1.807, 2.05) is 55.5 Å². The third-order valence-electron chi connectivity index (χ3n) is 9.20. The summed E-state index contributed by atoms with van der Waals surface area (Å²) in [4.78, 5) is 53.5. The Morgan fingerprint density at radius 1 is 0.704 bits per heavy atom. The molecule has 4 heterocycles. The number of amides is 1. The Labute approximate surface area is 320 Å². The third-order valence-corrected chi connectivity index (χ3v) is 11.5. The van der Waals surface area contributed by atoms with Gasteiger partial charge in [0.1, 0.15) is 21.5 Å². The molecule has 4 aromatic rings. The first-order valence-electron chi connectivity index (χ1n) is 18.1. The van der Waals surface area contributed by atoms with Crippen LogP contribution < -0.4 is 44.6 Å².